The zero-order valence-electron chi connectivity index (χ0n) is 8.58. The van der Waals surface area contributed by atoms with E-state index in [0.717, 1.165) is 16.3 Å². The SMILES string of the molecule is C=c1cc(C)n(SOI)/c1=C/C(C)C. The second-order valence-corrected chi connectivity index (χ2v) is 5.26. The minimum Gasteiger partial charge on any atom is -0.265 e. The molecule has 0 saturated carbocycles. The first-order chi connectivity index (χ1) is 6.56. The molecule has 0 bridgehead atoms. The van der Waals surface area contributed by atoms with Gasteiger partial charge in [0.05, 0.1) is 5.35 Å². The van der Waals surface area contributed by atoms with Crippen molar-refractivity contribution in [3.05, 3.63) is 22.3 Å². The van der Waals surface area contributed by atoms with E-state index in [4.69, 9.17) is 2.51 Å². The molecule has 0 amide bonds. The van der Waals surface area contributed by atoms with Gasteiger partial charge in [-0.2, -0.15) is 0 Å². The molecule has 0 aliphatic carbocycles. The van der Waals surface area contributed by atoms with Crippen molar-refractivity contribution >= 4 is 47.9 Å². The average Bonchev–Trinajstić information content (AvgIpc) is 2.31. The second-order valence-electron chi connectivity index (χ2n) is 3.54. The molecule has 0 atom stereocenters. The van der Waals surface area contributed by atoms with Crippen molar-refractivity contribution in [1.29, 1.82) is 0 Å². The van der Waals surface area contributed by atoms with Gasteiger partial charge in [-0.3, -0.25) is 3.97 Å². The molecule has 14 heavy (non-hydrogen) atoms. The van der Waals surface area contributed by atoms with Gasteiger partial charge >= 0.3 is 0 Å². The zero-order chi connectivity index (χ0) is 10.7. The van der Waals surface area contributed by atoms with E-state index >= 15 is 0 Å². The van der Waals surface area contributed by atoms with Crippen molar-refractivity contribution in [2.45, 2.75) is 20.8 Å². The van der Waals surface area contributed by atoms with E-state index in [1.807, 2.05) is 23.0 Å². The Morgan fingerprint density at radius 3 is 2.79 bits per heavy atom. The third kappa shape index (κ3) is 2.77. The van der Waals surface area contributed by atoms with Crippen LogP contribution in [0.3, 0.4) is 0 Å². The highest BCUT2D eigenvalue weighted by atomic mass is 127. The predicted molar refractivity (Wildman–Crippen MR) is 71.3 cm³/mol. The molecule has 78 valence electrons. The lowest BCUT2D eigenvalue weighted by atomic mass is 10.2. The summed E-state index contributed by atoms with van der Waals surface area (Å²) in [6.45, 7) is 10.4. The first kappa shape index (κ1) is 12.1. The van der Waals surface area contributed by atoms with Gasteiger partial charge in [-0.05, 0) is 24.1 Å². The van der Waals surface area contributed by atoms with Gasteiger partial charge in [0.1, 0.15) is 35.2 Å². The van der Waals surface area contributed by atoms with Gasteiger partial charge in [0.15, 0.2) is 0 Å². The minimum atomic E-state index is 0.512. The number of nitrogens with zero attached hydrogens (tertiary/aromatic N) is 1. The molecule has 0 N–H and O–H groups in total. The molecule has 1 heterocycles. The van der Waals surface area contributed by atoms with E-state index in [0.29, 0.717) is 5.92 Å². The van der Waals surface area contributed by atoms with Crippen LogP contribution in [0.1, 0.15) is 19.5 Å². The van der Waals surface area contributed by atoms with Crippen molar-refractivity contribution in [3.63, 3.8) is 0 Å². The maximum Gasteiger partial charge on any atom is 0.130 e. The van der Waals surface area contributed by atoms with E-state index in [9.17, 15) is 0 Å². The van der Waals surface area contributed by atoms with Gasteiger partial charge in [0.25, 0.3) is 0 Å². The molecule has 0 unspecified atom stereocenters. The Morgan fingerprint density at radius 2 is 2.29 bits per heavy atom. The molecule has 0 saturated heterocycles. The Kier molecular flexibility index (Phi) is 4.53. The second kappa shape index (κ2) is 5.23. The average molecular weight is 323 g/mol. The molecular weight excluding hydrogens is 309 g/mol. The quantitative estimate of drug-likeness (QED) is 0.626. The summed E-state index contributed by atoms with van der Waals surface area (Å²) in [4.78, 5) is 0. The summed E-state index contributed by atoms with van der Waals surface area (Å²) in [5, 5.41) is 2.19. The van der Waals surface area contributed by atoms with E-state index < -0.39 is 0 Å². The number of rotatable bonds is 3. The molecule has 0 radical (unpaired) electrons. The third-order valence-corrected chi connectivity index (χ3v) is 3.02. The molecule has 0 fully saturated rings. The topological polar surface area (TPSA) is 14.2 Å². The van der Waals surface area contributed by atoms with Crippen LogP contribution in [0.4, 0.5) is 0 Å². The predicted octanol–water partition coefficient (Wildman–Crippen LogP) is 2.42. The Bertz CT molecular complexity index is 410. The van der Waals surface area contributed by atoms with Crippen LogP contribution in [-0.2, 0) is 2.51 Å². The van der Waals surface area contributed by atoms with E-state index in [1.165, 1.54) is 12.2 Å². The van der Waals surface area contributed by atoms with Gasteiger partial charge in [-0.15, -0.1) is 0 Å². The molecule has 2 nitrogen and oxygen atoms in total. The zero-order valence-corrected chi connectivity index (χ0v) is 11.6. The normalized spacial score (nSPS) is 12.8. The molecular formula is C10H14INOS. The smallest absolute Gasteiger partial charge is 0.130 e. The number of halogens is 1. The summed E-state index contributed by atoms with van der Waals surface area (Å²) in [7, 11) is 0. The molecule has 1 aromatic rings. The van der Waals surface area contributed by atoms with Crippen molar-refractivity contribution < 1.29 is 2.51 Å². The fraction of sp³-hybridized carbons (Fsp3) is 0.400. The Labute approximate surface area is 103 Å². The van der Waals surface area contributed by atoms with Crippen molar-refractivity contribution in [3.8, 4) is 0 Å². The highest BCUT2D eigenvalue weighted by Gasteiger charge is 2.02. The van der Waals surface area contributed by atoms with Crippen LogP contribution in [0.5, 0.6) is 0 Å². The third-order valence-electron chi connectivity index (χ3n) is 1.85. The fourth-order valence-corrected chi connectivity index (χ4v) is 2.29. The van der Waals surface area contributed by atoms with Crippen LogP contribution in [0.25, 0.3) is 12.7 Å². The fourth-order valence-electron chi connectivity index (χ4n) is 1.32. The maximum absolute atomic E-state index is 5.05. The Hall–Kier alpha value is 0.0600. The summed E-state index contributed by atoms with van der Waals surface area (Å²) in [5.41, 5.74) is 1.16. The van der Waals surface area contributed by atoms with Crippen LogP contribution in [0.2, 0.25) is 0 Å². The van der Waals surface area contributed by atoms with Crippen molar-refractivity contribution in [2.75, 3.05) is 0 Å². The summed E-state index contributed by atoms with van der Waals surface area (Å²) < 4.78 is 7.10. The molecule has 0 spiro atoms. The van der Waals surface area contributed by atoms with Crippen LogP contribution in [-0.4, -0.2) is 3.97 Å². The van der Waals surface area contributed by atoms with Crippen LogP contribution in [0.15, 0.2) is 6.07 Å². The largest absolute Gasteiger partial charge is 0.265 e. The van der Waals surface area contributed by atoms with Crippen molar-refractivity contribution in [2.24, 2.45) is 5.92 Å². The molecule has 0 aliphatic rings. The van der Waals surface area contributed by atoms with Crippen LogP contribution < -0.4 is 10.6 Å². The standard InChI is InChI=1S/C10H14INOS/c1-7(2)5-10-8(3)6-9(4)12(10)14-13-11/h5-7H,3H2,1-2,4H3/b10-5+. The number of hydrogen-bond donors (Lipinski definition) is 0. The highest BCUT2D eigenvalue weighted by Crippen LogP contribution is 2.11. The Morgan fingerprint density at radius 1 is 1.64 bits per heavy atom. The first-order valence-corrected chi connectivity index (χ1v) is 5.99. The molecule has 1 aromatic heterocycles. The van der Waals surface area contributed by atoms with Crippen LogP contribution >= 0.6 is 35.2 Å². The molecule has 0 aliphatic heterocycles. The number of hydrogen-bond acceptors (Lipinski definition) is 2. The van der Waals surface area contributed by atoms with Crippen molar-refractivity contribution in [1.82, 2.24) is 3.97 Å². The Balaban J connectivity index is 3.32. The van der Waals surface area contributed by atoms with Gasteiger partial charge in [-0.1, -0.05) is 26.5 Å². The van der Waals surface area contributed by atoms with Gasteiger partial charge < -0.3 is 0 Å². The highest BCUT2D eigenvalue weighted by molar-refractivity contribution is 14.1. The summed E-state index contributed by atoms with van der Waals surface area (Å²) in [5.74, 6) is 0.512. The lowest BCUT2D eigenvalue weighted by Gasteiger charge is -2.02. The number of aromatic nitrogens is 1. The van der Waals surface area contributed by atoms with Gasteiger partial charge in [0.2, 0.25) is 0 Å². The summed E-state index contributed by atoms with van der Waals surface area (Å²) in [6.07, 6.45) is 2.19. The van der Waals surface area contributed by atoms with Gasteiger partial charge in [-0.25, -0.2) is 2.51 Å². The summed E-state index contributed by atoms with van der Waals surface area (Å²) in [6, 6.07) is 2.07. The lowest BCUT2D eigenvalue weighted by Crippen LogP contribution is -2.26. The van der Waals surface area contributed by atoms with E-state index in [2.05, 4.69) is 43.5 Å². The summed E-state index contributed by atoms with van der Waals surface area (Å²) >= 11 is 3.20. The number of aryl methyl sites for hydroxylation is 1. The molecule has 4 heteroatoms. The maximum atomic E-state index is 5.05. The van der Waals surface area contributed by atoms with Crippen LogP contribution in [0, 0.1) is 12.8 Å². The van der Waals surface area contributed by atoms with E-state index in [-0.39, 0.29) is 0 Å². The molecule has 0 aromatic carbocycles. The molecule has 1 rings (SSSR count). The van der Waals surface area contributed by atoms with Gasteiger partial charge in [0, 0.05) is 5.69 Å². The minimum absolute atomic E-state index is 0.512. The van der Waals surface area contributed by atoms with E-state index in [1.54, 1.807) is 0 Å². The monoisotopic (exact) mass is 323 g/mol. The lowest BCUT2D eigenvalue weighted by molar-refractivity contribution is 0.817. The first-order valence-electron chi connectivity index (χ1n) is 4.41.